The lowest BCUT2D eigenvalue weighted by atomic mass is 10.1. The molecule has 0 atom stereocenters. The molecule has 2 aromatic rings. The van der Waals surface area contributed by atoms with Crippen molar-refractivity contribution in [3.05, 3.63) is 42.5 Å². The van der Waals surface area contributed by atoms with Gasteiger partial charge in [0, 0.05) is 5.39 Å². The molecule has 1 N–H and O–H groups in total. The van der Waals surface area contributed by atoms with Crippen molar-refractivity contribution in [2.45, 2.75) is 12.8 Å². The van der Waals surface area contributed by atoms with Gasteiger partial charge in [0.15, 0.2) is 0 Å². The van der Waals surface area contributed by atoms with Gasteiger partial charge in [-0.2, -0.15) is 0 Å². The van der Waals surface area contributed by atoms with Crippen molar-refractivity contribution >= 4 is 22.7 Å². The highest BCUT2D eigenvalue weighted by Gasteiger charge is 2.09. The summed E-state index contributed by atoms with van der Waals surface area (Å²) in [6, 6.07) is 12.9. The minimum Gasteiger partial charge on any atom is -0.481 e. The summed E-state index contributed by atoms with van der Waals surface area (Å²) in [5, 5.41) is 10.3. The van der Waals surface area contributed by atoms with Crippen LogP contribution in [0.4, 0.5) is 0 Å². The first-order valence-electron chi connectivity index (χ1n) is 5.57. The Morgan fingerprint density at radius 1 is 1.00 bits per heavy atom. The Bertz CT molecular complexity index is 584. The fourth-order valence-electron chi connectivity index (χ4n) is 1.67. The van der Waals surface area contributed by atoms with E-state index in [1.54, 1.807) is 12.1 Å². The number of rotatable bonds is 4. The first kappa shape index (κ1) is 12.1. The highest BCUT2D eigenvalue weighted by atomic mass is 16.5. The fourth-order valence-corrected chi connectivity index (χ4v) is 1.67. The minimum atomic E-state index is -1.01. The zero-order valence-corrected chi connectivity index (χ0v) is 9.63. The van der Waals surface area contributed by atoms with Crippen LogP contribution in [0.25, 0.3) is 10.8 Å². The van der Waals surface area contributed by atoms with Gasteiger partial charge < -0.3 is 9.84 Å². The molecule has 0 aliphatic heterocycles. The van der Waals surface area contributed by atoms with Crippen molar-refractivity contribution in [2.24, 2.45) is 0 Å². The van der Waals surface area contributed by atoms with Crippen LogP contribution in [0.3, 0.4) is 0 Å². The third-order valence-corrected chi connectivity index (χ3v) is 2.52. The molecule has 0 amide bonds. The SMILES string of the molecule is O=C(O)CCC(=O)Oc1cccc2ccccc12. The molecule has 0 aliphatic rings. The number of carbonyl (C=O) groups is 2. The number of ether oxygens (including phenoxy) is 1. The molecule has 0 saturated heterocycles. The molecule has 0 heterocycles. The molecule has 0 spiro atoms. The molecule has 4 nitrogen and oxygen atoms in total. The quantitative estimate of drug-likeness (QED) is 0.663. The van der Waals surface area contributed by atoms with Crippen LogP contribution in [-0.4, -0.2) is 17.0 Å². The van der Waals surface area contributed by atoms with Crippen molar-refractivity contribution in [1.82, 2.24) is 0 Å². The van der Waals surface area contributed by atoms with Crippen LogP contribution in [0.2, 0.25) is 0 Å². The highest BCUT2D eigenvalue weighted by molar-refractivity contribution is 5.90. The second-order valence-electron chi connectivity index (χ2n) is 3.85. The number of fused-ring (bicyclic) bond motifs is 1. The lowest BCUT2D eigenvalue weighted by Crippen LogP contribution is -2.10. The average Bonchev–Trinajstić information content (AvgIpc) is 2.37. The van der Waals surface area contributed by atoms with E-state index in [9.17, 15) is 9.59 Å². The van der Waals surface area contributed by atoms with E-state index in [2.05, 4.69) is 0 Å². The number of carboxylic acid groups (broad SMARTS) is 1. The Morgan fingerprint density at radius 2 is 1.72 bits per heavy atom. The topological polar surface area (TPSA) is 63.6 Å². The zero-order valence-electron chi connectivity index (χ0n) is 9.63. The van der Waals surface area contributed by atoms with E-state index >= 15 is 0 Å². The van der Waals surface area contributed by atoms with Crippen LogP contribution < -0.4 is 4.74 Å². The summed E-state index contributed by atoms with van der Waals surface area (Å²) in [6.45, 7) is 0. The van der Waals surface area contributed by atoms with Crippen molar-refractivity contribution in [2.75, 3.05) is 0 Å². The fraction of sp³-hybridized carbons (Fsp3) is 0.143. The van der Waals surface area contributed by atoms with Crippen molar-refractivity contribution < 1.29 is 19.4 Å². The summed E-state index contributed by atoms with van der Waals surface area (Å²) in [7, 11) is 0. The summed E-state index contributed by atoms with van der Waals surface area (Å²) in [6.07, 6.45) is -0.345. The number of carbonyl (C=O) groups excluding carboxylic acids is 1. The molecular weight excluding hydrogens is 232 g/mol. The Labute approximate surface area is 104 Å². The second kappa shape index (κ2) is 5.31. The molecule has 0 aliphatic carbocycles. The maximum atomic E-state index is 11.5. The van der Waals surface area contributed by atoms with Crippen molar-refractivity contribution in [3.8, 4) is 5.75 Å². The first-order valence-corrected chi connectivity index (χ1v) is 5.57. The zero-order chi connectivity index (χ0) is 13.0. The third-order valence-electron chi connectivity index (χ3n) is 2.52. The monoisotopic (exact) mass is 244 g/mol. The molecule has 0 unspecified atom stereocenters. The van der Waals surface area contributed by atoms with Gasteiger partial charge in [-0.05, 0) is 11.5 Å². The van der Waals surface area contributed by atoms with Crippen molar-refractivity contribution in [1.29, 1.82) is 0 Å². The number of hydrogen-bond donors (Lipinski definition) is 1. The first-order chi connectivity index (χ1) is 8.66. The molecule has 0 radical (unpaired) electrons. The lowest BCUT2D eigenvalue weighted by molar-refractivity contribution is -0.142. The number of esters is 1. The van der Waals surface area contributed by atoms with Crippen molar-refractivity contribution in [3.63, 3.8) is 0 Å². The standard InChI is InChI=1S/C14H12O4/c15-13(16)8-9-14(17)18-12-7-3-5-10-4-1-2-6-11(10)12/h1-7H,8-9H2,(H,15,16). The number of benzene rings is 2. The van der Waals surface area contributed by atoms with Gasteiger partial charge in [0.1, 0.15) is 5.75 Å². The maximum Gasteiger partial charge on any atom is 0.311 e. The van der Waals surface area contributed by atoms with Gasteiger partial charge in [0.05, 0.1) is 12.8 Å². The van der Waals surface area contributed by atoms with Crippen LogP contribution in [-0.2, 0) is 9.59 Å². The number of hydrogen-bond acceptors (Lipinski definition) is 3. The van der Waals surface area contributed by atoms with E-state index in [4.69, 9.17) is 9.84 Å². The normalized spacial score (nSPS) is 10.2. The summed E-state index contributed by atoms with van der Waals surface area (Å²) in [4.78, 5) is 21.8. The molecule has 0 aromatic heterocycles. The second-order valence-corrected chi connectivity index (χ2v) is 3.85. The van der Waals surface area contributed by atoms with Crippen LogP contribution in [0.15, 0.2) is 42.5 Å². The molecule has 0 bridgehead atoms. The van der Waals surface area contributed by atoms with E-state index in [1.165, 1.54) is 0 Å². The van der Waals surface area contributed by atoms with Crippen LogP contribution in [0.5, 0.6) is 5.75 Å². The smallest absolute Gasteiger partial charge is 0.311 e. The summed E-state index contributed by atoms with van der Waals surface area (Å²) in [5.41, 5.74) is 0. The molecule has 2 rings (SSSR count). The summed E-state index contributed by atoms with van der Waals surface area (Å²) >= 11 is 0. The van der Waals surface area contributed by atoms with E-state index in [-0.39, 0.29) is 12.8 Å². The van der Waals surface area contributed by atoms with Crippen LogP contribution in [0, 0.1) is 0 Å². The van der Waals surface area contributed by atoms with Crippen LogP contribution in [0.1, 0.15) is 12.8 Å². The van der Waals surface area contributed by atoms with Gasteiger partial charge >= 0.3 is 11.9 Å². The van der Waals surface area contributed by atoms with E-state index in [0.717, 1.165) is 10.8 Å². The van der Waals surface area contributed by atoms with Gasteiger partial charge in [0.25, 0.3) is 0 Å². The number of aliphatic carboxylic acids is 1. The summed E-state index contributed by atoms with van der Waals surface area (Å²) in [5.74, 6) is -1.08. The molecule has 0 saturated carbocycles. The molecule has 92 valence electrons. The van der Waals surface area contributed by atoms with Gasteiger partial charge in [-0.1, -0.05) is 36.4 Å². The summed E-state index contributed by atoms with van der Waals surface area (Å²) < 4.78 is 5.18. The van der Waals surface area contributed by atoms with Gasteiger partial charge in [-0.3, -0.25) is 9.59 Å². The van der Waals surface area contributed by atoms with Gasteiger partial charge in [0.2, 0.25) is 0 Å². The maximum absolute atomic E-state index is 11.5. The minimum absolute atomic E-state index is 0.126. The van der Waals surface area contributed by atoms with E-state index < -0.39 is 11.9 Å². The lowest BCUT2D eigenvalue weighted by Gasteiger charge is -2.06. The molecule has 2 aromatic carbocycles. The Hall–Kier alpha value is -2.36. The molecule has 0 fully saturated rings. The Morgan fingerprint density at radius 3 is 2.50 bits per heavy atom. The van der Waals surface area contributed by atoms with Crippen LogP contribution >= 0.6 is 0 Å². The predicted molar refractivity (Wildman–Crippen MR) is 66.5 cm³/mol. The molecule has 4 heteroatoms. The highest BCUT2D eigenvalue weighted by Crippen LogP contribution is 2.25. The van der Waals surface area contributed by atoms with E-state index in [0.29, 0.717) is 5.75 Å². The van der Waals surface area contributed by atoms with Gasteiger partial charge in [-0.15, -0.1) is 0 Å². The average molecular weight is 244 g/mol. The Balaban J connectivity index is 2.16. The number of carboxylic acids is 1. The Kier molecular flexibility index (Phi) is 3.57. The third kappa shape index (κ3) is 2.85. The molecular formula is C14H12O4. The van der Waals surface area contributed by atoms with Gasteiger partial charge in [-0.25, -0.2) is 0 Å². The predicted octanol–water partition coefficient (Wildman–Crippen LogP) is 2.61. The van der Waals surface area contributed by atoms with E-state index in [1.807, 2.05) is 30.3 Å². The largest absolute Gasteiger partial charge is 0.481 e. The molecule has 18 heavy (non-hydrogen) atoms.